The fourth-order valence-electron chi connectivity index (χ4n) is 3.36. The number of para-hydroxylation sites is 1. The minimum absolute atomic E-state index is 0.00716. The highest BCUT2D eigenvalue weighted by atomic mass is 32.2. The SMILES string of the molecule is O=C(CSc1nc(CN2CCOCC2)nc2ccccc12)NNC(=O)c1cccc([N+](=O)[O-])c1. The molecule has 2 heterocycles. The van der Waals surface area contributed by atoms with Gasteiger partial charge in [-0.25, -0.2) is 9.97 Å². The third-order valence-corrected chi connectivity index (χ3v) is 6.05. The zero-order valence-electron chi connectivity index (χ0n) is 18.1. The van der Waals surface area contributed by atoms with Crippen LogP contribution < -0.4 is 10.9 Å². The Hall–Kier alpha value is -3.61. The molecule has 2 N–H and O–H groups in total. The molecular formula is C22H22N6O5S. The number of nitrogens with one attached hydrogen (secondary N) is 2. The standard InChI is InChI=1S/C22H22N6O5S/c29-20(25-26-21(30)15-4-3-5-16(12-15)28(31)32)14-34-22-17-6-1-2-7-18(17)23-19(24-22)13-27-8-10-33-11-9-27/h1-7,12H,8-11,13-14H2,(H,25,29)(H,26,30). The van der Waals surface area contributed by atoms with Crippen LogP contribution in [0.4, 0.5) is 5.69 Å². The number of rotatable bonds is 7. The Balaban J connectivity index is 1.38. The lowest BCUT2D eigenvalue weighted by Crippen LogP contribution is -2.42. The summed E-state index contributed by atoms with van der Waals surface area (Å²) in [5.41, 5.74) is 5.26. The van der Waals surface area contributed by atoms with Gasteiger partial charge in [0, 0.05) is 36.2 Å². The molecule has 2 amide bonds. The number of carbonyl (C=O) groups excluding carboxylic acids is 2. The number of fused-ring (bicyclic) bond motifs is 1. The van der Waals surface area contributed by atoms with Gasteiger partial charge in [0.05, 0.1) is 36.0 Å². The molecule has 1 fully saturated rings. The summed E-state index contributed by atoms with van der Waals surface area (Å²) >= 11 is 1.24. The highest BCUT2D eigenvalue weighted by Crippen LogP contribution is 2.25. The summed E-state index contributed by atoms with van der Waals surface area (Å²) in [4.78, 5) is 46.4. The second-order valence-electron chi connectivity index (χ2n) is 7.45. The molecule has 176 valence electrons. The average molecular weight is 483 g/mol. The first-order valence-electron chi connectivity index (χ1n) is 10.5. The zero-order chi connectivity index (χ0) is 23.9. The van der Waals surface area contributed by atoms with Crippen molar-refractivity contribution in [1.29, 1.82) is 0 Å². The largest absolute Gasteiger partial charge is 0.379 e. The first kappa shape index (κ1) is 23.5. The second kappa shape index (κ2) is 11.0. The molecule has 0 saturated carbocycles. The predicted molar refractivity (Wildman–Crippen MR) is 125 cm³/mol. The molecule has 2 aromatic carbocycles. The molecule has 0 radical (unpaired) electrons. The lowest BCUT2D eigenvalue weighted by molar-refractivity contribution is -0.384. The van der Waals surface area contributed by atoms with Gasteiger partial charge in [0.15, 0.2) is 0 Å². The lowest BCUT2D eigenvalue weighted by atomic mass is 10.2. The Morgan fingerprint density at radius 3 is 2.68 bits per heavy atom. The number of hydrazine groups is 1. The van der Waals surface area contributed by atoms with Crippen molar-refractivity contribution in [2.45, 2.75) is 11.6 Å². The molecule has 11 nitrogen and oxygen atoms in total. The van der Waals surface area contributed by atoms with E-state index in [2.05, 4.69) is 25.7 Å². The number of nitrogens with zero attached hydrogens (tertiary/aromatic N) is 4. The van der Waals surface area contributed by atoms with Crippen molar-refractivity contribution in [2.75, 3.05) is 32.1 Å². The van der Waals surface area contributed by atoms with Crippen molar-refractivity contribution in [1.82, 2.24) is 25.7 Å². The van der Waals surface area contributed by atoms with Gasteiger partial charge >= 0.3 is 0 Å². The number of carbonyl (C=O) groups is 2. The number of aromatic nitrogens is 2. The van der Waals surface area contributed by atoms with Gasteiger partial charge in [-0.15, -0.1) is 0 Å². The minimum Gasteiger partial charge on any atom is -0.379 e. The van der Waals surface area contributed by atoms with E-state index in [0.717, 1.165) is 30.1 Å². The fraction of sp³-hybridized carbons (Fsp3) is 0.273. The third-order valence-electron chi connectivity index (χ3n) is 5.06. The van der Waals surface area contributed by atoms with Crippen molar-refractivity contribution < 1.29 is 19.2 Å². The number of ether oxygens (including phenoxy) is 1. The van der Waals surface area contributed by atoms with E-state index < -0.39 is 16.7 Å². The highest BCUT2D eigenvalue weighted by molar-refractivity contribution is 8.00. The number of nitro benzene ring substituents is 1. The number of hydrogen-bond donors (Lipinski definition) is 2. The van der Waals surface area contributed by atoms with Gasteiger partial charge in [-0.1, -0.05) is 36.0 Å². The number of nitro groups is 1. The third kappa shape index (κ3) is 6.04. The number of morpholine rings is 1. The molecule has 34 heavy (non-hydrogen) atoms. The normalized spacial score (nSPS) is 14.0. The summed E-state index contributed by atoms with van der Waals surface area (Å²) in [7, 11) is 0. The summed E-state index contributed by atoms with van der Waals surface area (Å²) in [5, 5.41) is 12.4. The van der Waals surface area contributed by atoms with Gasteiger partial charge in [-0.2, -0.15) is 0 Å². The number of amides is 2. The smallest absolute Gasteiger partial charge is 0.270 e. The highest BCUT2D eigenvalue weighted by Gasteiger charge is 2.16. The molecule has 0 aliphatic carbocycles. The van der Waals surface area contributed by atoms with Gasteiger partial charge in [-0.05, 0) is 12.1 Å². The van der Waals surface area contributed by atoms with E-state index in [4.69, 9.17) is 4.74 Å². The van der Waals surface area contributed by atoms with Gasteiger partial charge in [0.2, 0.25) is 5.91 Å². The minimum atomic E-state index is -0.651. The monoisotopic (exact) mass is 482 g/mol. The number of benzene rings is 2. The maximum absolute atomic E-state index is 12.3. The van der Waals surface area contributed by atoms with Crippen molar-refractivity contribution in [3.8, 4) is 0 Å². The van der Waals surface area contributed by atoms with Crippen LogP contribution in [0.3, 0.4) is 0 Å². The molecule has 1 aromatic heterocycles. The quantitative estimate of drug-likeness (QED) is 0.224. The van der Waals surface area contributed by atoms with E-state index >= 15 is 0 Å². The lowest BCUT2D eigenvalue weighted by Gasteiger charge is -2.25. The molecule has 1 saturated heterocycles. The topological polar surface area (TPSA) is 140 Å². The van der Waals surface area contributed by atoms with Crippen LogP contribution in [-0.4, -0.2) is 63.7 Å². The Morgan fingerprint density at radius 1 is 1.09 bits per heavy atom. The van der Waals surface area contributed by atoms with Crippen LogP contribution >= 0.6 is 11.8 Å². The first-order valence-corrected chi connectivity index (χ1v) is 11.5. The summed E-state index contributed by atoms with van der Waals surface area (Å²) < 4.78 is 5.39. The summed E-state index contributed by atoms with van der Waals surface area (Å²) in [6.07, 6.45) is 0. The summed E-state index contributed by atoms with van der Waals surface area (Å²) in [5.74, 6) is -0.418. The molecule has 0 unspecified atom stereocenters. The maximum Gasteiger partial charge on any atom is 0.270 e. The van der Waals surface area contributed by atoms with E-state index in [-0.39, 0.29) is 17.0 Å². The predicted octanol–water partition coefficient (Wildman–Crippen LogP) is 1.92. The molecule has 0 bridgehead atoms. The molecule has 3 aromatic rings. The molecule has 1 aliphatic rings. The van der Waals surface area contributed by atoms with E-state index in [1.807, 2.05) is 24.3 Å². The molecular weight excluding hydrogens is 460 g/mol. The van der Waals surface area contributed by atoms with E-state index in [9.17, 15) is 19.7 Å². The Kier molecular flexibility index (Phi) is 7.62. The Bertz CT molecular complexity index is 1220. The van der Waals surface area contributed by atoms with Crippen LogP contribution in [0.25, 0.3) is 10.9 Å². The van der Waals surface area contributed by atoms with Gasteiger partial charge in [-0.3, -0.25) is 35.5 Å². The van der Waals surface area contributed by atoms with Crippen LogP contribution in [0.5, 0.6) is 0 Å². The Morgan fingerprint density at radius 2 is 1.88 bits per heavy atom. The van der Waals surface area contributed by atoms with Crippen LogP contribution in [-0.2, 0) is 16.1 Å². The summed E-state index contributed by atoms with van der Waals surface area (Å²) in [6, 6.07) is 12.8. The number of hydrogen-bond acceptors (Lipinski definition) is 9. The molecule has 4 rings (SSSR count). The van der Waals surface area contributed by atoms with Gasteiger partial charge in [0.25, 0.3) is 11.6 Å². The molecule has 12 heteroatoms. The Labute approximate surface area is 199 Å². The van der Waals surface area contributed by atoms with E-state index in [1.54, 1.807) is 0 Å². The van der Waals surface area contributed by atoms with Crippen molar-refractivity contribution in [2.24, 2.45) is 0 Å². The van der Waals surface area contributed by atoms with Crippen LogP contribution in [0.2, 0.25) is 0 Å². The fourth-order valence-corrected chi connectivity index (χ4v) is 4.20. The maximum atomic E-state index is 12.3. The van der Waals surface area contributed by atoms with Crippen molar-refractivity contribution >= 4 is 40.2 Å². The molecule has 0 spiro atoms. The summed E-state index contributed by atoms with van der Waals surface area (Å²) in [6.45, 7) is 3.57. The first-order chi connectivity index (χ1) is 16.5. The zero-order valence-corrected chi connectivity index (χ0v) is 18.9. The number of thioether (sulfide) groups is 1. The van der Waals surface area contributed by atoms with Crippen LogP contribution in [0.15, 0.2) is 53.6 Å². The van der Waals surface area contributed by atoms with Crippen molar-refractivity contribution in [3.63, 3.8) is 0 Å². The van der Waals surface area contributed by atoms with Gasteiger partial charge in [0.1, 0.15) is 10.9 Å². The average Bonchev–Trinajstić information content (AvgIpc) is 2.86. The molecule has 0 atom stereocenters. The van der Waals surface area contributed by atoms with Crippen LogP contribution in [0.1, 0.15) is 16.2 Å². The van der Waals surface area contributed by atoms with Crippen molar-refractivity contribution in [3.05, 3.63) is 70.0 Å². The van der Waals surface area contributed by atoms with E-state index in [1.165, 1.54) is 30.0 Å². The van der Waals surface area contributed by atoms with E-state index in [0.29, 0.717) is 30.6 Å². The van der Waals surface area contributed by atoms with Crippen LogP contribution in [0, 0.1) is 10.1 Å². The molecule has 1 aliphatic heterocycles. The number of non-ortho nitro benzene ring substituents is 1. The van der Waals surface area contributed by atoms with Gasteiger partial charge < -0.3 is 4.74 Å². The second-order valence-corrected chi connectivity index (χ2v) is 8.41.